The first-order valence-electron chi connectivity index (χ1n) is 11.6. The molecule has 7 nitrogen and oxygen atoms in total. The Morgan fingerprint density at radius 1 is 1.09 bits per heavy atom. The predicted molar refractivity (Wildman–Crippen MR) is 132 cm³/mol. The van der Waals surface area contributed by atoms with Crippen molar-refractivity contribution in [3.8, 4) is 0 Å². The summed E-state index contributed by atoms with van der Waals surface area (Å²) < 4.78 is 0. The molecule has 4 atom stereocenters. The smallest absolute Gasteiger partial charge is 0.269 e. The standard InChI is InChI=1S/C27H22ClN3O4/c28-18-11-12-21-20(15-18)27(26(33)29-21)24(25(32)16-6-2-1-3-7-16)23(22-10-5-13-30(22)27)17-8-4-9-19(14-17)31(34)35/h1-4,6-9,11-12,14-15,22-24H,5,10,13H2,(H,29,33)/t22-,23-,24-,27+/m0/s1. The lowest BCUT2D eigenvalue weighted by atomic mass is 9.68. The molecule has 3 aromatic rings. The number of amides is 1. The van der Waals surface area contributed by atoms with E-state index in [1.807, 2.05) is 12.1 Å². The summed E-state index contributed by atoms with van der Waals surface area (Å²) in [4.78, 5) is 41.6. The molecule has 0 aromatic heterocycles. The zero-order chi connectivity index (χ0) is 24.3. The van der Waals surface area contributed by atoms with E-state index in [1.165, 1.54) is 6.07 Å². The van der Waals surface area contributed by atoms with Gasteiger partial charge in [-0.25, -0.2) is 0 Å². The van der Waals surface area contributed by atoms with E-state index < -0.39 is 22.3 Å². The molecule has 1 amide bonds. The number of non-ortho nitro benzene ring substituents is 1. The topological polar surface area (TPSA) is 92.5 Å². The Morgan fingerprint density at radius 3 is 2.66 bits per heavy atom. The van der Waals surface area contributed by atoms with Crippen molar-refractivity contribution in [3.05, 3.63) is 105 Å². The Labute approximate surface area is 206 Å². The maximum absolute atomic E-state index is 14.3. The molecule has 0 bridgehead atoms. The van der Waals surface area contributed by atoms with Crippen molar-refractivity contribution < 1.29 is 14.5 Å². The van der Waals surface area contributed by atoms with E-state index in [0.29, 0.717) is 33.9 Å². The maximum atomic E-state index is 14.3. The number of Topliss-reactive ketones (excluding diaryl/α,β-unsaturated/α-hetero) is 1. The Bertz CT molecular complexity index is 1380. The molecule has 3 aliphatic rings. The molecular weight excluding hydrogens is 466 g/mol. The summed E-state index contributed by atoms with van der Waals surface area (Å²) in [5, 5.41) is 15.1. The quantitative estimate of drug-likeness (QED) is 0.312. The number of carbonyl (C=O) groups excluding carboxylic acids is 2. The predicted octanol–water partition coefficient (Wildman–Crippen LogP) is 5.16. The number of halogens is 1. The zero-order valence-corrected chi connectivity index (χ0v) is 19.4. The summed E-state index contributed by atoms with van der Waals surface area (Å²) in [7, 11) is 0. The van der Waals surface area contributed by atoms with E-state index in [-0.39, 0.29) is 23.4 Å². The van der Waals surface area contributed by atoms with Gasteiger partial charge in [0.2, 0.25) is 5.91 Å². The van der Waals surface area contributed by atoms with Gasteiger partial charge in [-0.05, 0) is 43.1 Å². The molecule has 0 aliphatic carbocycles. The van der Waals surface area contributed by atoms with Crippen molar-refractivity contribution in [2.75, 3.05) is 11.9 Å². The summed E-state index contributed by atoms with van der Waals surface area (Å²) >= 11 is 6.41. The molecule has 0 saturated carbocycles. The number of rotatable bonds is 4. The van der Waals surface area contributed by atoms with Gasteiger partial charge < -0.3 is 5.32 Å². The molecule has 1 spiro atoms. The Balaban J connectivity index is 1.63. The number of nitro groups is 1. The van der Waals surface area contributed by atoms with Gasteiger partial charge in [0.15, 0.2) is 5.78 Å². The number of hydrogen-bond donors (Lipinski definition) is 1. The molecule has 8 heteroatoms. The van der Waals surface area contributed by atoms with Gasteiger partial charge in [-0.2, -0.15) is 0 Å². The van der Waals surface area contributed by atoms with E-state index >= 15 is 0 Å². The highest BCUT2D eigenvalue weighted by atomic mass is 35.5. The second kappa shape index (κ2) is 8.00. The van der Waals surface area contributed by atoms with Crippen LogP contribution in [0.2, 0.25) is 5.02 Å². The third-order valence-corrected chi connectivity index (χ3v) is 8.00. The van der Waals surface area contributed by atoms with E-state index in [0.717, 1.165) is 12.8 Å². The van der Waals surface area contributed by atoms with Crippen LogP contribution in [0.4, 0.5) is 11.4 Å². The van der Waals surface area contributed by atoms with Crippen LogP contribution in [0, 0.1) is 16.0 Å². The highest BCUT2D eigenvalue weighted by molar-refractivity contribution is 6.31. The van der Waals surface area contributed by atoms with Crippen LogP contribution < -0.4 is 5.32 Å². The largest absolute Gasteiger partial charge is 0.324 e. The Kier molecular flexibility index (Phi) is 5.02. The zero-order valence-electron chi connectivity index (χ0n) is 18.7. The number of benzene rings is 3. The van der Waals surface area contributed by atoms with Gasteiger partial charge in [0, 0.05) is 45.9 Å². The minimum Gasteiger partial charge on any atom is -0.324 e. The number of nitrogens with zero attached hydrogens (tertiary/aromatic N) is 2. The molecule has 3 aromatic carbocycles. The number of carbonyl (C=O) groups is 2. The van der Waals surface area contributed by atoms with Gasteiger partial charge in [-0.3, -0.25) is 24.6 Å². The highest BCUT2D eigenvalue weighted by Crippen LogP contribution is 2.61. The van der Waals surface area contributed by atoms with Crippen molar-refractivity contribution in [2.24, 2.45) is 5.92 Å². The SMILES string of the molecule is O=C(c1ccccc1)[C@@H]1[C@@H](c2cccc([N+](=O)[O-])c2)[C@@H]2CCCN2[C@@]12C(=O)Nc1ccc(Cl)cc12. The van der Waals surface area contributed by atoms with Gasteiger partial charge in [-0.15, -0.1) is 0 Å². The van der Waals surface area contributed by atoms with Crippen LogP contribution in [0.3, 0.4) is 0 Å². The lowest BCUT2D eigenvalue weighted by Gasteiger charge is -2.37. The number of hydrogen-bond acceptors (Lipinski definition) is 5. The molecule has 3 aliphatic heterocycles. The fourth-order valence-corrected chi connectivity index (χ4v) is 6.71. The molecule has 176 valence electrons. The van der Waals surface area contributed by atoms with Crippen LogP contribution in [-0.4, -0.2) is 34.1 Å². The van der Waals surface area contributed by atoms with Gasteiger partial charge in [0.1, 0.15) is 5.54 Å². The average Bonchev–Trinajstić information content (AvgIpc) is 3.52. The van der Waals surface area contributed by atoms with Crippen LogP contribution in [0.25, 0.3) is 0 Å². The van der Waals surface area contributed by atoms with Gasteiger partial charge >= 0.3 is 0 Å². The Hall–Kier alpha value is -3.55. The third-order valence-electron chi connectivity index (χ3n) is 7.77. The fraction of sp³-hybridized carbons (Fsp3) is 0.259. The van der Waals surface area contributed by atoms with Gasteiger partial charge in [0.05, 0.1) is 10.8 Å². The normalized spacial score (nSPS) is 27.0. The van der Waals surface area contributed by atoms with E-state index in [2.05, 4.69) is 10.2 Å². The van der Waals surface area contributed by atoms with Crippen molar-refractivity contribution >= 4 is 34.7 Å². The van der Waals surface area contributed by atoms with Crippen molar-refractivity contribution in [3.63, 3.8) is 0 Å². The molecule has 2 saturated heterocycles. The first kappa shape index (κ1) is 21.9. The third kappa shape index (κ3) is 3.08. The molecule has 0 radical (unpaired) electrons. The average molecular weight is 488 g/mol. The lowest BCUT2D eigenvalue weighted by Crippen LogP contribution is -2.52. The van der Waals surface area contributed by atoms with Gasteiger partial charge in [0.25, 0.3) is 5.69 Å². The number of nitro benzene ring substituents is 1. The highest BCUT2D eigenvalue weighted by Gasteiger charge is 2.69. The first-order chi connectivity index (χ1) is 16.9. The van der Waals surface area contributed by atoms with Crippen LogP contribution >= 0.6 is 11.6 Å². The number of anilines is 1. The van der Waals surface area contributed by atoms with Gasteiger partial charge in [-0.1, -0.05) is 54.1 Å². The van der Waals surface area contributed by atoms with Crippen molar-refractivity contribution in [1.29, 1.82) is 0 Å². The molecule has 35 heavy (non-hydrogen) atoms. The number of fused-ring (bicyclic) bond motifs is 4. The minimum absolute atomic E-state index is 0.0294. The van der Waals surface area contributed by atoms with E-state index in [9.17, 15) is 19.7 Å². The van der Waals surface area contributed by atoms with E-state index in [1.54, 1.807) is 54.6 Å². The lowest BCUT2D eigenvalue weighted by molar-refractivity contribution is -0.384. The second-order valence-corrected chi connectivity index (χ2v) is 9.84. The summed E-state index contributed by atoms with van der Waals surface area (Å²) in [5.41, 5.74) is 1.28. The van der Waals surface area contributed by atoms with Crippen LogP contribution in [-0.2, 0) is 10.3 Å². The molecule has 3 heterocycles. The number of ketones is 1. The molecule has 6 rings (SSSR count). The summed E-state index contributed by atoms with van der Waals surface area (Å²) in [6.45, 7) is 0.647. The summed E-state index contributed by atoms with van der Waals surface area (Å²) in [5.74, 6) is -1.58. The van der Waals surface area contributed by atoms with Crippen LogP contribution in [0.1, 0.15) is 40.2 Å². The second-order valence-electron chi connectivity index (χ2n) is 9.40. The first-order valence-corrected chi connectivity index (χ1v) is 12.0. The maximum Gasteiger partial charge on any atom is 0.269 e. The monoisotopic (exact) mass is 487 g/mol. The molecular formula is C27H22ClN3O4. The molecule has 1 N–H and O–H groups in total. The molecule has 2 fully saturated rings. The van der Waals surface area contributed by atoms with Crippen LogP contribution in [0.15, 0.2) is 72.8 Å². The summed E-state index contributed by atoms with van der Waals surface area (Å²) in [6.07, 6.45) is 1.66. The Morgan fingerprint density at radius 2 is 1.89 bits per heavy atom. The van der Waals surface area contributed by atoms with Crippen LogP contribution in [0.5, 0.6) is 0 Å². The molecule has 0 unspecified atom stereocenters. The number of nitrogens with one attached hydrogen (secondary N) is 1. The van der Waals surface area contributed by atoms with E-state index in [4.69, 9.17) is 11.6 Å². The fourth-order valence-electron chi connectivity index (χ4n) is 6.53. The van der Waals surface area contributed by atoms with Crippen molar-refractivity contribution in [1.82, 2.24) is 4.90 Å². The summed E-state index contributed by atoms with van der Waals surface area (Å²) in [6, 6.07) is 20.6. The minimum atomic E-state index is -1.25. The van der Waals surface area contributed by atoms with Crippen molar-refractivity contribution in [2.45, 2.75) is 30.3 Å².